The second kappa shape index (κ2) is 9.91. The third-order valence-electron chi connectivity index (χ3n) is 3.93. The monoisotopic (exact) mass is 408 g/mol. The summed E-state index contributed by atoms with van der Waals surface area (Å²) in [5.74, 6) is 0.948. The lowest BCUT2D eigenvalue weighted by Gasteiger charge is -2.16. The van der Waals surface area contributed by atoms with Gasteiger partial charge in [-0.15, -0.1) is 0 Å². The van der Waals surface area contributed by atoms with Crippen molar-refractivity contribution >= 4 is 28.9 Å². The quantitative estimate of drug-likeness (QED) is 0.490. The molecule has 8 nitrogen and oxygen atoms in total. The summed E-state index contributed by atoms with van der Waals surface area (Å²) in [6.45, 7) is 3.12. The maximum absolute atomic E-state index is 12.3. The first-order valence-electron chi connectivity index (χ1n) is 8.68. The van der Waals surface area contributed by atoms with Crippen LogP contribution < -0.4 is 19.7 Å². The van der Waals surface area contributed by atoms with E-state index in [4.69, 9.17) is 21.1 Å². The molecule has 28 heavy (non-hydrogen) atoms. The number of likely N-dealkylation sites (N-methyl/N-ethyl adjacent to an activating group) is 1. The number of methoxy groups -OCH3 is 1. The van der Waals surface area contributed by atoms with Crippen molar-refractivity contribution < 1.29 is 24.1 Å². The fourth-order valence-electron chi connectivity index (χ4n) is 2.74. The number of hydrogen-bond acceptors (Lipinski definition) is 5. The normalized spacial score (nSPS) is 11.6. The van der Waals surface area contributed by atoms with Gasteiger partial charge in [0.15, 0.2) is 18.0 Å². The maximum atomic E-state index is 12.3. The molecule has 1 amide bonds. The number of hydrogen-bond donors (Lipinski definition) is 2. The van der Waals surface area contributed by atoms with Crippen molar-refractivity contribution in [3.8, 4) is 11.5 Å². The Labute approximate surface area is 168 Å². The van der Waals surface area contributed by atoms with Crippen molar-refractivity contribution in [1.82, 2.24) is 0 Å². The highest BCUT2D eigenvalue weighted by Gasteiger charge is 2.18. The largest absolute Gasteiger partial charge is 0.493 e. The Kier molecular flexibility index (Phi) is 7.60. The van der Waals surface area contributed by atoms with Gasteiger partial charge in [-0.2, -0.15) is 0 Å². The van der Waals surface area contributed by atoms with Crippen molar-refractivity contribution in [2.75, 3.05) is 32.6 Å². The molecular weight excluding hydrogens is 386 g/mol. The molecule has 0 radical (unpaired) electrons. The zero-order chi connectivity index (χ0) is 20.7. The van der Waals surface area contributed by atoms with E-state index >= 15 is 0 Å². The SMILES string of the molecule is CCOc1ccc(C[NH+](C)CC(=O)Nc2cc(Cl)ccc2[N+](=O)[O-])cc1OC. The van der Waals surface area contributed by atoms with Crippen LogP contribution >= 0.6 is 11.6 Å². The van der Waals surface area contributed by atoms with E-state index in [1.807, 2.05) is 32.2 Å². The maximum Gasteiger partial charge on any atom is 0.292 e. The van der Waals surface area contributed by atoms with Crippen LogP contribution in [0.15, 0.2) is 36.4 Å². The van der Waals surface area contributed by atoms with E-state index in [0.29, 0.717) is 29.7 Å². The number of nitrogens with one attached hydrogen (secondary N) is 2. The number of rotatable bonds is 9. The van der Waals surface area contributed by atoms with Crippen molar-refractivity contribution in [3.05, 3.63) is 57.1 Å². The lowest BCUT2D eigenvalue weighted by atomic mass is 10.2. The molecule has 0 fully saturated rings. The van der Waals surface area contributed by atoms with E-state index < -0.39 is 4.92 Å². The highest BCUT2D eigenvalue weighted by molar-refractivity contribution is 6.31. The molecule has 0 saturated carbocycles. The van der Waals surface area contributed by atoms with Gasteiger partial charge in [-0.05, 0) is 37.3 Å². The van der Waals surface area contributed by atoms with Crippen LogP contribution in [-0.4, -0.2) is 38.1 Å². The number of ether oxygens (including phenoxy) is 2. The topological polar surface area (TPSA) is 95.1 Å². The Balaban J connectivity index is 2.02. The number of anilines is 1. The molecule has 0 aliphatic carbocycles. The van der Waals surface area contributed by atoms with Gasteiger partial charge in [-0.1, -0.05) is 11.6 Å². The van der Waals surface area contributed by atoms with Crippen molar-refractivity contribution in [2.24, 2.45) is 0 Å². The van der Waals surface area contributed by atoms with Crippen LogP contribution in [-0.2, 0) is 11.3 Å². The zero-order valence-corrected chi connectivity index (χ0v) is 16.7. The third-order valence-corrected chi connectivity index (χ3v) is 4.16. The second-order valence-corrected chi connectivity index (χ2v) is 6.63. The Morgan fingerprint density at radius 2 is 2.00 bits per heavy atom. The number of nitro benzene ring substituents is 1. The number of amides is 1. The van der Waals surface area contributed by atoms with Crippen LogP contribution in [0.25, 0.3) is 0 Å². The molecule has 2 N–H and O–H groups in total. The van der Waals surface area contributed by atoms with Crippen molar-refractivity contribution in [3.63, 3.8) is 0 Å². The lowest BCUT2D eigenvalue weighted by Crippen LogP contribution is -3.08. The van der Waals surface area contributed by atoms with Gasteiger partial charge in [0.2, 0.25) is 0 Å². The van der Waals surface area contributed by atoms with Crippen molar-refractivity contribution in [2.45, 2.75) is 13.5 Å². The molecule has 9 heteroatoms. The van der Waals surface area contributed by atoms with Crippen LogP contribution in [0.2, 0.25) is 5.02 Å². The summed E-state index contributed by atoms with van der Waals surface area (Å²) in [4.78, 5) is 23.8. The predicted molar refractivity (Wildman–Crippen MR) is 106 cm³/mol. The number of halogens is 1. The van der Waals surface area contributed by atoms with Crippen LogP contribution in [0.5, 0.6) is 11.5 Å². The van der Waals surface area contributed by atoms with E-state index in [1.165, 1.54) is 18.2 Å². The van der Waals surface area contributed by atoms with Gasteiger partial charge in [-0.3, -0.25) is 14.9 Å². The summed E-state index contributed by atoms with van der Waals surface area (Å²) in [7, 11) is 3.43. The number of benzene rings is 2. The zero-order valence-electron chi connectivity index (χ0n) is 16.0. The first-order chi connectivity index (χ1) is 13.3. The van der Waals surface area contributed by atoms with Crippen LogP contribution in [0, 0.1) is 10.1 Å². The molecule has 0 heterocycles. The minimum atomic E-state index is -0.561. The molecule has 0 bridgehead atoms. The Morgan fingerprint density at radius 1 is 1.25 bits per heavy atom. The Morgan fingerprint density at radius 3 is 2.64 bits per heavy atom. The fraction of sp³-hybridized carbons (Fsp3) is 0.316. The van der Waals surface area contributed by atoms with E-state index in [1.54, 1.807) is 7.11 Å². The van der Waals surface area contributed by atoms with Gasteiger partial charge >= 0.3 is 0 Å². The summed E-state index contributed by atoms with van der Waals surface area (Å²) in [5, 5.41) is 14.0. The van der Waals surface area contributed by atoms with Crippen LogP contribution in [0.1, 0.15) is 12.5 Å². The molecule has 0 aliphatic rings. The molecule has 2 aromatic carbocycles. The molecule has 2 aromatic rings. The summed E-state index contributed by atoms with van der Waals surface area (Å²) in [5.41, 5.74) is 0.851. The Hall–Kier alpha value is -2.84. The summed E-state index contributed by atoms with van der Waals surface area (Å²) in [6, 6.07) is 9.66. The van der Waals surface area contributed by atoms with Crippen molar-refractivity contribution in [1.29, 1.82) is 0 Å². The van der Waals surface area contributed by atoms with E-state index in [2.05, 4.69) is 5.32 Å². The average Bonchev–Trinajstić information content (AvgIpc) is 2.62. The van der Waals surface area contributed by atoms with E-state index in [0.717, 1.165) is 10.5 Å². The van der Waals surface area contributed by atoms with Crippen LogP contribution in [0.3, 0.4) is 0 Å². The van der Waals surface area contributed by atoms with Gasteiger partial charge in [0.05, 0.1) is 25.7 Å². The molecule has 1 unspecified atom stereocenters. The highest BCUT2D eigenvalue weighted by Crippen LogP contribution is 2.28. The number of quaternary nitrogens is 1. The molecule has 0 spiro atoms. The number of carbonyl (C=O) groups is 1. The van der Waals surface area contributed by atoms with E-state index in [-0.39, 0.29) is 23.8 Å². The third kappa shape index (κ3) is 5.83. The Bertz CT molecular complexity index is 859. The van der Waals surface area contributed by atoms with Gasteiger partial charge < -0.3 is 19.7 Å². The minimum Gasteiger partial charge on any atom is -0.493 e. The molecule has 0 aromatic heterocycles. The average molecular weight is 409 g/mol. The smallest absolute Gasteiger partial charge is 0.292 e. The van der Waals surface area contributed by atoms with Gasteiger partial charge in [0, 0.05) is 16.7 Å². The van der Waals surface area contributed by atoms with Gasteiger partial charge in [0.25, 0.3) is 11.6 Å². The van der Waals surface area contributed by atoms with Crippen LogP contribution in [0.4, 0.5) is 11.4 Å². The predicted octanol–water partition coefficient (Wildman–Crippen LogP) is 2.31. The highest BCUT2D eigenvalue weighted by atomic mass is 35.5. The molecular formula is C19H23ClN3O5+. The first-order valence-corrected chi connectivity index (χ1v) is 9.06. The second-order valence-electron chi connectivity index (χ2n) is 6.20. The molecule has 1 atom stereocenters. The first kappa shape index (κ1) is 21.5. The fourth-order valence-corrected chi connectivity index (χ4v) is 2.92. The molecule has 0 saturated heterocycles. The lowest BCUT2D eigenvalue weighted by molar-refractivity contribution is -0.885. The molecule has 0 aliphatic heterocycles. The summed E-state index contributed by atoms with van der Waals surface area (Å²) >= 11 is 5.88. The summed E-state index contributed by atoms with van der Waals surface area (Å²) < 4.78 is 10.8. The number of nitro groups is 1. The number of carbonyl (C=O) groups excluding carboxylic acids is 1. The van der Waals surface area contributed by atoms with Gasteiger partial charge in [-0.25, -0.2) is 0 Å². The van der Waals surface area contributed by atoms with E-state index in [9.17, 15) is 14.9 Å². The standard InChI is InChI=1S/C19H22ClN3O5/c1-4-28-17-8-5-13(9-18(17)27-3)11-22(2)12-19(24)21-15-10-14(20)6-7-16(15)23(25)26/h5-10H,4,11-12H2,1-3H3,(H,21,24)/p+1. The summed E-state index contributed by atoms with van der Waals surface area (Å²) in [6.07, 6.45) is 0. The van der Waals surface area contributed by atoms with Gasteiger partial charge in [0.1, 0.15) is 12.2 Å². The molecule has 150 valence electrons. The number of nitrogens with zero attached hydrogens (tertiary/aromatic N) is 1. The molecule has 2 rings (SSSR count). The minimum absolute atomic E-state index is 0.0815.